The van der Waals surface area contributed by atoms with Crippen LogP contribution in [0.1, 0.15) is 51.0 Å². The minimum atomic E-state index is 0. The van der Waals surface area contributed by atoms with Gasteiger partial charge in [0.1, 0.15) is 16.0 Å². The zero-order valence-electron chi connectivity index (χ0n) is 17.0. The summed E-state index contributed by atoms with van der Waals surface area (Å²) in [6.45, 7) is 10.8. The van der Waals surface area contributed by atoms with Crippen molar-refractivity contribution in [3.63, 3.8) is 0 Å². The molecule has 0 spiro atoms. The Morgan fingerprint density at radius 2 is 1.50 bits per heavy atom. The van der Waals surface area contributed by atoms with Gasteiger partial charge < -0.3 is 19.5 Å². The third-order valence-electron chi connectivity index (χ3n) is 4.32. The fourth-order valence-electron chi connectivity index (χ4n) is 2.81. The zero-order valence-corrected chi connectivity index (χ0v) is 19.4. The molecule has 2 rings (SSSR count). The van der Waals surface area contributed by atoms with Crippen LogP contribution in [-0.2, 0) is 4.74 Å². The maximum Gasteiger partial charge on any atom is 0.137 e. The van der Waals surface area contributed by atoms with Crippen LogP contribution < -0.4 is 14.8 Å². The minimum absolute atomic E-state index is 0. The molecule has 0 aromatic heterocycles. The van der Waals surface area contributed by atoms with Gasteiger partial charge in [0.25, 0.3) is 0 Å². The van der Waals surface area contributed by atoms with Crippen LogP contribution in [0.4, 0.5) is 0 Å². The topological polar surface area (TPSA) is 39.7 Å². The van der Waals surface area contributed by atoms with Gasteiger partial charge in [0.2, 0.25) is 0 Å². The summed E-state index contributed by atoms with van der Waals surface area (Å²) in [5.41, 5.74) is 2.32. The van der Waals surface area contributed by atoms with E-state index in [1.165, 1.54) is 5.56 Å². The molecule has 0 saturated carbocycles. The van der Waals surface area contributed by atoms with Gasteiger partial charge >= 0.3 is 0 Å². The van der Waals surface area contributed by atoms with E-state index in [4.69, 9.17) is 14.2 Å². The second-order valence-electron chi connectivity index (χ2n) is 6.30. The van der Waals surface area contributed by atoms with Gasteiger partial charge in [-0.25, -0.2) is 0 Å². The first kappa shape index (κ1) is 24.8. The van der Waals surface area contributed by atoms with Crippen molar-refractivity contribution < 1.29 is 14.2 Å². The SMILES string of the molecule is CCOc1cc([C@@H](C)NCCO[C@@H](C)c2ccccc2)cc(OCC)c1Br.Cl. The van der Waals surface area contributed by atoms with Crippen molar-refractivity contribution in [1.82, 2.24) is 5.32 Å². The maximum absolute atomic E-state index is 5.94. The normalized spacial score (nSPS) is 12.8. The summed E-state index contributed by atoms with van der Waals surface area (Å²) >= 11 is 3.58. The van der Waals surface area contributed by atoms with Gasteiger partial charge in [-0.3, -0.25) is 0 Å². The molecule has 6 heteroatoms. The molecule has 0 aliphatic heterocycles. The molecule has 0 aliphatic rings. The third kappa shape index (κ3) is 7.28. The minimum Gasteiger partial charge on any atom is -0.493 e. The lowest BCUT2D eigenvalue weighted by Crippen LogP contribution is -2.24. The standard InChI is InChI=1S/C22H30BrNO3.ClH/c1-5-25-20-14-19(15-21(22(20)23)26-6-2)16(3)24-12-13-27-17(4)18-10-8-7-9-11-18;/h7-11,14-17,24H,5-6,12-13H2,1-4H3;1H/t16-,17+;/m1./s1. The molecule has 2 aromatic rings. The van der Waals surface area contributed by atoms with Gasteiger partial charge in [-0.2, -0.15) is 0 Å². The van der Waals surface area contributed by atoms with E-state index in [1.54, 1.807) is 0 Å². The Balaban J connectivity index is 0.00000392. The van der Waals surface area contributed by atoms with Crippen LogP contribution in [0.25, 0.3) is 0 Å². The zero-order chi connectivity index (χ0) is 19.6. The van der Waals surface area contributed by atoms with Crippen LogP contribution in [0.5, 0.6) is 11.5 Å². The van der Waals surface area contributed by atoms with Crippen molar-refractivity contribution in [3.8, 4) is 11.5 Å². The number of rotatable bonds is 11. The number of benzene rings is 2. The Labute approximate surface area is 183 Å². The molecule has 1 N–H and O–H groups in total. The third-order valence-corrected chi connectivity index (χ3v) is 5.10. The first-order chi connectivity index (χ1) is 13.1. The van der Waals surface area contributed by atoms with Crippen LogP contribution in [-0.4, -0.2) is 26.4 Å². The van der Waals surface area contributed by atoms with E-state index in [0.717, 1.165) is 28.1 Å². The number of halogens is 2. The highest BCUT2D eigenvalue weighted by Gasteiger charge is 2.15. The van der Waals surface area contributed by atoms with Crippen LogP contribution in [0.15, 0.2) is 46.9 Å². The van der Waals surface area contributed by atoms with Crippen LogP contribution in [0.2, 0.25) is 0 Å². The van der Waals surface area contributed by atoms with Gasteiger partial charge in [0, 0.05) is 12.6 Å². The molecule has 0 bridgehead atoms. The Morgan fingerprint density at radius 1 is 0.929 bits per heavy atom. The van der Waals surface area contributed by atoms with E-state index < -0.39 is 0 Å². The lowest BCUT2D eigenvalue weighted by molar-refractivity contribution is 0.0666. The van der Waals surface area contributed by atoms with Crippen molar-refractivity contribution in [2.75, 3.05) is 26.4 Å². The summed E-state index contributed by atoms with van der Waals surface area (Å²) < 4.78 is 18.3. The molecule has 0 saturated heterocycles. The van der Waals surface area contributed by atoms with Gasteiger partial charge in [-0.1, -0.05) is 30.3 Å². The molecule has 0 fully saturated rings. The second kappa shape index (κ2) is 13.0. The van der Waals surface area contributed by atoms with Crippen molar-refractivity contribution >= 4 is 28.3 Å². The second-order valence-corrected chi connectivity index (χ2v) is 7.09. The summed E-state index contributed by atoms with van der Waals surface area (Å²) in [5, 5.41) is 3.51. The van der Waals surface area contributed by atoms with Crippen LogP contribution in [0, 0.1) is 0 Å². The van der Waals surface area contributed by atoms with Crippen molar-refractivity contribution in [2.45, 2.75) is 39.8 Å². The molecule has 0 amide bonds. The van der Waals surface area contributed by atoms with Crippen molar-refractivity contribution in [2.24, 2.45) is 0 Å². The maximum atomic E-state index is 5.94. The lowest BCUT2D eigenvalue weighted by atomic mass is 10.1. The average molecular weight is 473 g/mol. The average Bonchev–Trinajstić information content (AvgIpc) is 2.68. The van der Waals surface area contributed by atoms with Gasteiger partial charge in [0.05, 0.1) is 25.9 Å². The van der Waals surface area contributed by atoms with E-state index >= 15 is 0 Å². The monoisotopic (exact) mass is 471 g/mol. The van der Waals surface area contributed by atoms with Crippen LogP contribution >= 0.6 is 28.3 Å². The summed E-state index contributed by atoms with van der Waals surface area (Å²) in [7, 11) is 0. The Hall–Kier alpha value is -1.27. The van der Waals surface area contributed by atoms with Gasteiger partial charge in [0.15, 0.2) is 0 Å². The molecule has 28 heavy (non-hydrogen) atoms. The quantitative estimate of drug-likeness (QED) is 0.401. The molecule has 4 nitrogen and oxygen atoms in total. The van der Waals surface area contributed by atoms with E-state index in [-0.39, 0.29) is 24.6 Å². The summed E-state index contributed by atoms with van der Waals surface area (Å²) in [6, 6.07) is 14.5. The molecule has 2 aromatic carbocycles. The van der Waals surface area contributed by atoms with Crippen molar-refractivity contribution in [3.05, 3.63) is 58.1 Å². The molecule has 0 heterocycles. The van der Waals surface area contributed by atoms with Gasteiger partial charge in [-0.05, 0) is 66.9 Å². The number of ether oxygens (including phenoxy) is 3. The molecule has 0 aliphatic carbocycles. The number of nitrogens with one attached hydrogen (secondary N) is 1. The Kier molecular flexibility index (Phi) is 11.5. The lowest BCUT2D eigenvalue weighted by Gasteiger charge is -2.19. The predicted octanol–water partition coefficient (Wildman–Crippen LogP) is 6.10. The smallest absolute Gasteiger partial charge is 0.137 e. The molecule has 0 radical (unpaired) electrons. The Bertz CT molecular complexity index is 672. The van der Waals surface area contributed by atoms with Gasteiger partial charge in [-0.15, -0.1) is 12.4 Å². The Morgan fingerprint density at radius 3 is 2.04 bits per heavy atom. The number of hydrogen-bond donors (Lipinski definition) is 1. The van der Waals surface area contributed by atoms with E-state index in [1.807, 2.05) is 32.0 Å². The van der Waals surface area contributed by atoms with Crippen LogP contribution in [0.3, 0.4) is 0 Å². The highest BCUT2D eigenvalue weighted by Crippen LogP contribution is 2.37. The fraction of sp³-hybridized carbons (Fsp3) is 0.455. The first-order valence-corrected chi connectivity index (χ1v) is 10.3. The summed E-state index contributed by atoms with van der Waals surface area (Å²) in [4.78, 5) is 0. The summed E-state index contributed by atoms with van der Waals surface area (Å²) in [6.07, 6.45) is 0.0881. The van der Waals surface area contributed by atoms with E-state index in [9.17, 15) is 0 Å². The molecule has 0 unspecified atom stereocenters. The molecule has 2 atom stereocenters. The van der Waals surface area contributed by atoms with Crippen molar-refractivity contribution in [1.29, 1.82) is 0 Å². The number of hydrogen-bond acceptors (Lipinski definition) is 4. The van der Waals surface area contributed by atoms with E-state index in [0.29, 0.717) is 19.8 Å². The van der Waals surface area contributed by atoms with E-state index in [2.05, 4.69) is 59.4 Å². The fourth-order valence-corrected chi connectivity index (χ4v) is 3.27. The molecular formula is C22H31BrClNO3. The molecular weight excluding hydrogens is 442 g/mol. The predicted molar refractivity (Wildman–Crippen MR) is 121 cm³/mol. The molecule has 156 valence electrons. The largest absolute Gasteiger partial charge is 0.493 e. The highest BCUT2D eigenvalue weighted by atomic mass is 79.9. The first-order valence-electron chi connectivity index (χ1n) is 9.55. The highest BCUT2D eigenvalue weighted by molar-refractivity contribution is 9.10. The summed E-state index contributed by atoms with van der Waals surface area (Å²) in [5.74, 6) is 1.61.